The number of nitrogens with zero attached hydrogens (tertiary/aromatic N) is 3. The topological polar surface area (TPSA) is 46.1 Å². The molecule has 0 saturated heterocycles. The van der Waals surface area contributed by atoms with Gasteiger partial charge in [0.2, 0.25) is 0 Å². The molecule has 2 aromatic carbocycles. The van der Waals surface area contributed by atoms with Gasteiger partial charge in [-0.05, 0) is 42.5 Å². The van der Waals surface area contributed by atoms with Gasteiger partial charge in [-0.1, -0.05) is 0 Å². The molecule has 7 heteroatoms. The SMILES string of the molecule is O=C(c1cc(F)ccc1F)N1CCc2nc(-c3ccc(F)cc3)ncc2C1. The van der Waals surface area contributed by atoms with Gasteiger partial charge in [-0.15, -0.1) is 0 Å². The molecule has 0 unspecified atom stereocenters. The molecule has 3 aromatic rings. The maximum Gasteiger partial charge on any atom is 0.257 e. The first-order valence-electron chi connectivity index (χ1n) is 8.36. The fraction of sp³-hybridized carbons (Fsp3) is 0.150. The molecule has 1 amide bonds. The molecule has 0 fully saturated rings. The van der Waals surface area contributed by atoms with E-state index in [0.717, 1.165) is 29.5 Å². The van der Waals surface area contributed by atoms with Gasteiger partial charge in [0.25, 0.3) is 5.91 Å². The molecule has 1 aliphatic heterocycles. The average Bonchev–Trinajstić information content (AvgIpc) is 2.69. The zero-order valence-corrected chi connectivity index (χ0v) is 14.1. The molecule has 4 nitrogen and oxygen atoms in total. The summed E-state index contributed by atoms with van der Waals surface area (Å²) in [6, 6.07) is 8.70. The van der Waals surface area contributed by atoms with E-state index in [4.69, 9.17) is 0 Å². The molecule has 0 aliphatic carbocycles. The van der Waals surface area contributed by atoms with Crippen LogP contribution in [0.5, 0.6) is 0 Å². The smallest absolute Gasteiger partial charge is 0.257 e. The van der Waals surface area contributed by atoms with Crippen molar-refractivity contribution in [1.82, 2.24) is 14.9 Å². The standard InChI is InChI=1S/C20H14F3N3O/c21-14-3-1-12(2-4-14)19-24-10-13-11-26(8-7-18(13)25-19)20(27)16-9-15(22)5-6-17(16)23/h1-6,9-10H,7-8,11H2. The predicted molar refractivity (Wildman–Crippen MR) is 92.2 cm³/mol. The fourth-order valence-corrected chi connectivity index (χ4v) is 3.06. The lowest BCUT2D eigenvalue weighted by Gasteiger charge is -2.28. The summed E-state index contributed by atoms with van der Waals surface area (Å²) in [5.74, 6) is -1.85. The fourth-order valence-electron chi connectivity index (χ4n) is 3.06. The molecule has 0 N–H and O–H groups in total. The highest BCUT2D eigenvalue weighted by molar-refractivity contribution is 5.94. The number of hydrogen-bond acceptors (Lipinski definition) is 3. The largest absolute Gasteiger partial charge is 0.334 e. The number of benzene rings is 2. The lowest BCUT2D eigenvalue weighted by atomic mass is 10.0. The third-order valence-electron chi connectivity index (χ3n) is 4.48. The van der Waals surface area contributed by atoms with E-state index < -0.39 is 17.5 Å². The number of halogens is 3. The predicted octanol–water partition coefficient (Wildman–Crippen LogP) is 3.76. The molecule has 0 saturated carbocycles. The molecule has 0 spiro atoms. The van der Waals surface area contributed by atoms with Crippen molar-refractivity contribution in [2.75, 3.05) is 6.54 Å². The highest BCUT2D eigenvalue weighted by Gasteiger charge is 2.25. The van der Waals surface area contributed by atoms with Crippen molar-refractivity contribution in [1.29, 1.82) is 0 Å². The van der Waals surface area contributed by atoms with Crippen LogP contribution in [0.15, 0.2) is 48.7 Å². The molecule has 4 rings (SSSR count). The highest BCUT2D eigenvalue weighted by atomic mass is 19.1. The van der Waals surface area contributed by atoms with Crippen LogP contribution in [-0.2, 0) is 13.0 Å². The van der Waals surface area contributed by atoms with E-state index in [1.54, 1.807) is 18.3 Å². The lowest BCUT2D eigenvalue weighted by molar-refractivity contribution is 0.0728. The van der Waals surface area contributed by atoms with Crippen LogP contribution in [0.1, 0.15) is 21.6 Å². The molecule has 136 valence electrons. The van der Waals surface area contributed by atoms with Crippen LogP contribution in [-0.4, -0.2) is 27.3 Å². The van der Waals surface area contributed by atoms with Gasteiger partial charge in [0, 0.05) is 36.8 Å². The Kier molecular flexibility index (Phi) is 4.35. The Balaban J connectivity index is 1.58. The zero-order chi connectivity index (χ0) is 19.0. The van der Waals surface area contributed by atoms with E-state index in [-0.39, 0.29) is 17.9 Å². The first-order valence-corrected chi connectivity index (χ1v) is 8.36. The molecule has 0 atom stereocenters. The van der Waals surface area contributed by atoms with Crippen molar-refractivity contribution >= 4 is 5.91 Å². The van der Waals surface area contributed by atoms with Gasteiger partial charge in [-0.3, -0.25) is 4.79 Å². The molecular formula is C20H14F3N3O. The molecule has 0 radical (unpaired) electrons. The van der Waals surface area contributed by atoms with Crippen molar-refractivity contribution in [2.45, 2.75) is 13.0 Å². The number of carbonyl (C=O) groups excluding carboxylic acids is 1. The number of rotatable bonds is 2. The van der Waals surface area contributed by atoms with Crippen molar-refractivity contribution in [3.8, 4) is 11.4 Å². The number of carbonyl (C=O) groups is 1. The number of fused-ring (bicyclic) bond motifs is 1. The Morgan fingerprint density at radius 2 is 1.74 bits per heavy atom. The Morgan fingerprint density at radius 1 is 1.00 bits per heavy atom. The third-order valence-corrected chi connectivity index (χ3v) is 4.48. The summed E-state index contributed by atoms with van der Waals surface area (Å²) < 4.78 is 40.3. The molecule has 1 aromatic heterocycles. The number of hydrogen-bond donors (Lipinski definition) is 0. The normalized spacial score (nSPS) is 13.4. The third kappa shape index (κ3) is 3.40. The van der Waals surface area contributed by atoms with Crippen LogP contribution in [0.25, 0.3) is 11.4 Å². The summed E-state index contributed by atoms with van der Waals surface area (Å²) >= 11 is 0. The number of amides is 1. The summed E-state index contributed by atoms with van der Waals surface area (Å²) in [7, 11) is 0. The Bertz CT molecular complexity index is 1020. The quantitative estimate of drug-likeness (QED) is 0.691. The van der Waals surface area contributed by atoms with Crippen LogP contribution < -0.4 is 0 Å². The minimum absolute atomic E-state index is 0.216. The van der Waals surface area contributed by atoms with Crippen molar-refractivity contribution in [2.24, 2.45) is 0 Å². The van der Waals surface area contributed by atoms with Gasteiger partial charge in [-0.2, -0.15) is 0 Å². The molecule has 27 heavy (non-hydrogen) atoms. The Morgan fingerprint density at radius 3 is 2.52 bits per heavy atom. The van der Waals surface area contributed by atoms with Crippen LogP contribution in [0.4, 0.5) is 13.2 Å². The second-order valence-corrected chi connectivity index (χ2v) is 6.27. The maximum atomic E-state index is 13.9. The van der Waals surface area contributed by atoms with Gasteiger partial charge in [0.1, 0.15) is 17.5 Å². The lowest BCUT2D eigenvalue weighted by Crippen LogP contribution is -2.37. The van der Waals surface area contributed by atoms with Crippen LogP contribution in [0.3, 0.4) is 0 Å². The summed E-state index contributed by atoms with van der Waals surface area (Å²) in [4.78, 5) is 22.8. The maximum absolute atomic E-state index is 13.9. The second-order valence-electron chi connectivity index (χ2n) is 6.27. The minimum atomic E-state index is -0.755. The van der Waals surface area contributed by atoms with Crippen LogP contribution in [0.2, 0.25) is 0 Å². The van der Waals surface area contributed by atoms with E-state index in [2.05, 4.69) is 9.97 Å². The van der Waals surface area contributed by atoms with E-state index >= 15 is 0 Å². The summed E-state index contributed by atoms with van der Waals surface area (Å²) in [5, 5.41) is 0. The van der Waals surface area contributed by atoms with E-state index in [9.17, 15) is 18.0 Å². The monoisotopic (exact) mass is 369 g/mol. The van der Waals surface area contributed by atoms with Crippen molar-refractivity contribution < 1.29 is 18.0 Å². The molecule has 0 bridgehead atoms. The molecular weight excluding hydrogens is 355 g/mol. The number of aromatic nitrogens is 2. The minimum Gasteiger partial charge on any atom is -0.334 e. The summed E-state index contributed by atoms with van der Waals surface area (Å²) in [5.41, 5.74) is 1.94. The Labute approximate surface area is 153 Å². The van der Waals surface area contributed by atoms with Crippen molar-refractivity contribution in [3.05, 3.63) is 82.9 Å². The van der Waals surface area contributed by atoms with Crippen molar-refractivity contribution in [3.63, 3.8) is 0 Å². The van der Waals surface area contributed by atoms with Gasteiger partial charge >= 0.3 is 0 Å². The summed E-state index contributed by atoms with van der Waals surface area (Å²) in [6.07, 6.45) is 2.08. The summed E-state index contributed by atoms with van der Waals surface area (Å²) in [6.45, 7) is 0.551. The average molecular weight is 369 g/mol. The van der Waals surface area contributed by atoms with E-state index in [1.807, 2.05) is 0 Å². The highest BCUT2D eigenvalue weighted by Crippen LogP contribution is 2.23. The van der Waals surface area contributed by atoms with Gasteiger partial charge in [-0.25, -0.2) is 23.1 Å². The van der Waals surface area contributed by atoms with Gasteiger partial charge < -0.3 is 4.90 Å². The van der Waals surface area contributed by atoms with E-state index in [0.29, 0.717) is 24.4 Å². The van der Waals surface area contributed by atoms with Crippen LogP contribution >= 0.6 is 0 Å². The Hall–Kier alpha value is -3.22. The van der Waals surface area contributed by atoms with Gasteiger partial charge in [0.15, 0.2) is 5.82 Å². The van der Waals surface area contributed by atoms with Crippen LogP contribution in [0, 0.1) is 17.5 Å². The van der Waals surface area contributed by atoms with E-state index in [1.165, 1.54) is 17.0 Å². The first-order chi connectivity index (χ1) is 13.0. The molecule has 2 heterocycles. The molecule has 1 aliphatic rings. The second kappa shape index (κ2) is 6.83. The van der Waals surface area contributed by atoms with Gasteiger partial charge in [0.05, 0.1) is 11.3 Å². The first kappa shape index (κ1) is 17.2. The zero-order valence-electron chi connectivity index (χ0n) is 14.1.